The number of hydrogen-bond acceptors (Lipinski definition) is 1. The first-order valence-corrected chi connectivity index (χ1v) is 8.35. The molecule has 0 saturated carbocycles. The molecule has 0 atom stereocenters. The maximum absolute atomic E-state index is 12.9. The zero-order valence-corrected chi connectivity index (χ0v) is 15.0. The Bertz CT molecular complexity index is 751. The lowest BCUT2D eigenvalue weighted by atomic mass is 9.92. The van der Waals surface area contributed by atoms with Crippen LogP contribution in [0.3, 0.4) is 0 Å². The molecule has 0 aromatic heterocycles. The van der Waals surface area contributed by atoms with Gasteiger partial charge in [-0.05, 0) is 62.1 Å². The monoisotopic (exact) mass is 340 g/mol. The Morgan fingerprint density at radius 1 is 1.16 bits per heavy atom. The van der Waals surface area contributed by atoms with Crippen molar-refractivity contribution in [1.29, 1.82) is 0 Å². The number of allylic oxidation sites excluding steroid dienone is 1. The van der Waals surface area contributed by atoms with Gasteiger partial charge in [-0.2, -0.15) is 0 Å². The minimum Gasteiger partial charge on any atom is -0.338 e. The molecule has 25 heavy (non-hydrogen) atoms. The second-order valence-corrected chi connectivity index (χ2v) is 6.74. The molecule has 3 nitrogen and oxygen atoms in total. The Labute approximate surface area is 149 Å². The van der Waals surface area contributed by atoms with Crippen molar-refractivity contribution < 1.29 is 9.18 Å². The van der Waals surface area contributed by atoms with E-state index in [1.54, 1.807) is 12.1 Å². The molecule has 4 heteroatoms. The standard InChI is InChI=1S/C21H25FN2O/c1-15(2)17-6-5-7-18(14-17)21(3,4)24-20(25)23-13-12-16-8-10-19(22)11-9-16/h5-11,14H,1,12-13H2,2-4H3,(H2,23,24,25). The van der Waals surface area contributed by atoms with Crippen LogP contribution in [0.5, 0.6) is 0 Å². The van der Waals surface area contributed by atoms with Crippen LogP contribution < -0.4 is 10.6 Å². The quantitative estimate of drug-likeness (QED) is 0.790. The van der Waals surface area contributed by atoms with Gasteiger partial charge in [-0.3, -0.25) is 0 Å². The van der Waals surface area contributed by atoms with Gasteiger partial charge in [0.15, 0.2) is 0 Å². The Hall–Kier alpha value is -2.62. The molecule has 0 radical (unpaired) electrons. The summed E-state index contributed by atoms with van der Waals surface area (Å²) in [7, 11) is 0. The Morgan fingerprint density at radius 2 is 1.84 bits per heavy atom. The molecule has 2 rings (SSSR count). The van der Waals surface area contributed by atoms with Crippen molar-refractivity contribution in [2.24, 2.45) is 0 Å². The van der Waals surface area contributed by atoms with E-state index >= 15 is 0 Å². The smallest absolute Gasteiger partial charge is 0.315 e. The second kappa shape index (κ2) is 7.97. The molecule has 0 saturated heterocycles. The van der Waals surface area contributed by atoms with Crippen LogP contribution in [0.25, 0.3) is 5.57 Å². The molecule has 2 aromatic carbocycles. The Kier molecular flexibility index (Phi) is 5.97. The molecule has 0 bridgehead atoms. The number of halogens is 1. The van der Waals surface area contributed by atoms with Crippen LogP contribution in [0.1, 0.15) is 37.5 Å². The zero-order valence-electron chi connectivity index (χ0n) is 15.0. The summed E-state index contributed by atoms with van der Waals surface area (Å²) in [6, 6.07) is 14.1. The van der Waals surface area contributed by atoms with E-state index in [2.05, 4.69) is 17.2 Å². The highest BCUT2D eigenvalue weighted by Crippen LogP contribution is 2.23. The summed E-state index contributed by atoms with van der Waals surface area (Å²) in [5.41, 5.74) is 3.54. The number of nitrogens with one attached hydrogen (secondary N) is 2. The highest BCUT2D eigenvalue weighted by Gasteiger charge is 2.23. The van der Waals surface area contributed by atoms with Crippen molar-refractivity contribution in [2.45, 2.75) is 32.7 Å². The van der Waals surface area contributed by atoms with E-state index in [4.69, 9.17) is 0 Å². The van der Waals surface area contributed by atoms with Crippen LogP contribution in [-0.2, 0) is 12.0 Å². The number of amides is 2. The number of rotatable bonds is 6. The van der Waals surface area contributed by atoms with Crippen LogP contribution in [-0.4, -0.2) is 12.6 Å². The third kappa shape index (κ3) is 5.45. The van der Waals surface area contributed by atoms with Gasteiger partial charge < -0.3 is 10.6 Å². The van der Waals surface area contributed by atoms with Gasteiger partial charge in [0.1, 0.15) is 5.82 Å². The van der Waals surface area contributed by atoms with Crippen molar-refractivity contribution in [3.8, 4) is 0 Å². The summed E-state index contributed by atoms with van der Waals surface area (Å²) in [5, 5.41) is 5.84. The van der Waals surface area contributed by atoms with Gasteiger partial charge in [0.05, 0.1) is 5.54 Å². The SMILES string of the molecule is C=C(C)c1cccc(C(C)(C)NC(=O)NCCc2ccc(F)cc2)c1. The molecule has 2 aromatic rings. The van der Waals surface area contributed by atoms with E-state index in [-0.39, 0.29) is 11.8 Å². The first-order valence-electron chi connectivity index (χ1n) is 8.35. The number of benzene rings is 2. The molecular weight excluding hydrogens is 315 g/mol. The zero-order chi connectivity index (χ0) is 18.4. The fourth-order valence-electron chi connectivity index (χ4n) is 2.55. The summed E-state index contributed by atoms with van der Waals surface area (Å²) in [6.45, 7) is 10.3. The second-order valence-electron chi connectivity index (χ2n) is 6.74. The number of carbonyl (C=O) groups is 1. The van der Waals surface area contributed by atoms with E-state index in [0.29, 0.717) is 13.0 Å². The van der Waals surface area contributed by atoms with E-state index in [1.807, 2.05) is 45.0 Å². The van der Waals surface area contributed by atoms with Crippen LogP contribution in [0.15, 0.2) is 55.1 Å². The first-order chi connectivity index (χ1) is 11.8. The number of carbonyl (C=O) groups excluding carboxylic acids is 1. The third-order valence-corrected chi connectivity index (χ3v) is 4.12. The Morgan fingerprint density at radius 3 is 2.48 bits per heavy atom. The average molecular weight is 340 g/mol. The van der Waals surface area contributed by atoms with Gasteiger partial charge in [0.25, 0.3) is 0 Å². The highest BCUT2D eigenvalue weighted by molar-refractivity contribution is 5.75. The molecule has 0 aliphatic rings. The number of hydrogen-bond donors (Lipinski definition) is 2. The lowest BCUT2D eigenvalue weighted by Crippen LogP contribution is -2.46. The Balaban J connectivity index is 1.91. The van der Waals surface area contributed by atoms with E-state index in [1.165, 1.54) is 12.1 Å². The predicted molar refractivity (Wildman–Crippen MR) is 101 cm³/mol. The van der Waals surface area contributed by atoms with Gasteiger partial charge >= 0.3 is 6.03 Å². The summed E-state index contributed by atoms with van der Waals surface area (Å²) >= 11 is 0. The molecule has 0 heterocycles. The van der Waals surface area contributed by atoms with E-state index in [0.717, 1.165) is 22.3 Å². The minimum absolute atomic E-state index is 0.229. The summed E-state index contributed by atoms with van der Waals surface area (Å²) in [4.78, 5) is 12.2. The molecule has 0 fully saturated rings. The van der Waals surface area contributed by atoms with Gasteiger partial charge in [0.2, 0.25) is 0 Å². The van der Waals surface area contributed by atoms with Crippen molar-refractivity contribution in [1.82, 2.24) is 10.6 Å². The van der Waals surface area contributed by atoms with Crippen molar-refractivity contribution in [2.75, 3.05) is 6.54 Å². The fourth-order valence-corrected chi connectivity index (χ4v) is 2.55. The van der Waals surface area contributed by atoms with Crippen LogP contribution in [0.4, 0.5) is 9.18 Å². The molecule has 0 spiro atoms. The first kappa shape index (κ1) is 18.7. The van der Waals surface area contributed by atoms with Gasteiger partial charge in [-0.25, -0.2) is 9.18 Å². The third-order valence-electron chi connectivity index (χ3n) is 4.12. The summed E-state index contributed by atoms with van der Waals surface area (Å²) in [5.74, 6) is -0.256. The molecule has 2 amide bonds. The topological polar surface area (TPSA) is 41.1 Å². The molecule has 0 aliphatic heterocycles. The maximum Gasteiger partial charge on any atom is 0.315 e. The van der Waals surface area contributed by atoms with E-state index < -0.39 is 5.54 Å². The predicted octanol–water partition coefficient (Wildman–Crippen LogP) is 4.64. The molecule has 0 unspecified atom stereocenters. The van der Waals surface area contributed by atoms with Crippen LogP contribution >= 0.6 is 0 Å². The van der Waals surface area contributed by atoms with E-state index in [9.17, 15) is 9.18 Å². The average Bonchev–Trinajstić information content (AvgIpc) is 2.56. The highest BCUT2D eigenvalue weighted by atomic mass is 19.1. The molecule has 0 aliphatic carbocycles. The minimum atomic E-state index is -0.509. The van der Waals surface area contributed by atoms with Gasteiger partial charge in [-0.15, -0.1) is 0 Å². The van der Waals surface area contributed by atoms with Crippen molar-refractivity contribution in [3.05, 3.63) is 77.6 Å². The van der Waals surface area contributed by atoms with Crippen molar-refractivity contribution in [3.63, 3.8) is 0 Å². The normalized spacial score (nSPS) is 11.0. The summed E-state index contributed by atoms with van der Waals surface area (Å²) in [6.07, 6.45) is 0.652. The largest absolute Gasteiger partial charge is 0.338 e. The van der Waals surface area contributed by atoms with Gasteiger partial charge in [-0.1, -0.05) is 42.5 Å². The lowest BCUT2D eigenvalue weighted by Gasteiger charge is -2.27. The summed E-state index contributed by atoms with van der Waals surface area (Å²) < 4.78 is 12.9. The molecule has 2 N–H and O–H groups in total. The molecular formula is C21H25FN2O. The van der Waals surface area contributed by atoms with Crippen LogP contribution in [0, 0.1) is 5.82 Å². The molecule has 132 valence electrons. The van der Waals surface area contributed by atoms with Gasteiger partial charge in [0, 0.05) is 6.54 Å². The van der Waals surface area contributed by atoms with Crippen molar-refractivity contribution >= 4 is 11.6 Å². The maximum atomic E-state index is 12.9. The number of urea groups is 1. The van der Waals surface area contributed by atoms with Crippen LogP contribution in [0.2, 0.25) is 0 Å². The lowest BCUT2D eigenvalue weighted by molar-refractivity contribution is 0.230. The fraction of sp³-hybridized carbons (Fsp3) is 0.286.